The Bertz CT molecular complexity index is 757. The van der Waals surface area contributed by atoms with Gasteiger partial charge >= 0.3 is 5.69 Å². The zero-order chi connectivity index (χ0) is 14.7. The van der Waals surface area contributed by atoms with Crippen LogP contribution in [0.2, 0.25) is 0 Å². The maximum atomic E-state index is 10.9. The molecule has 9 heteroatoms. The number of rotatable bonds is 5. The molecule has 0 fully saturated rings. The van der Waals surface area contributed by atoms with Crippen LogP contribution in [0.5, 0.6) is 0 Å². The summed E-state index contributed by atoms with van der Waals surface area (Å²) in [6, 6.07) is 6.74. The highest BCUT2D eigenvalue weighted by Gasteiger charge is 2.16. The normalized spacial score (nSPS) is 10.7. The van der Waals surface area contributed by atoms with Crippen molar-refractivity contribution in [2.24, 2.45) is 0 Å². The van der Waals surface area contributed by atoms with Crippen LogP contribution in [0.15, 0.2) is 45.4 Å². The van der Waals surface area contributed by atoms with Gasteiger partial charge in [0.05, 0.1) is 15.6 Å². The van der Waals surface area contributed by atoms with Crippen molar-refractivity contribution >= 4 is 28.8 Å². The van der Waals surface area contributed by atoms with Crippen LogP contribution in [0.4, 0.5) is 5.69 Å². The van der Waals surface area contributed by atoms with E-state index in [0.29, 0.717) is 22.5 Å². The molecule has 3 aromatic heterocycles. The van der Waals surface area contributed by atoms with Gasteiger partial charge in [-0.25, -0.2) is 4.98 Å². The Balaban J connectivity index is 1.73. The van der Waals surface area contributed by atoms with Crippen molar-refractivity contribution in [1.29, 1.82) is 0 Å². The van der Waals surface area contributed by atoms with E-state index in [9.17, 15) is 10.1 Å². The van der Waals surface area contributed by atoms with Crippen LogP contribution < -0.4 is 0 Å². The summed E-state index contributed by atoms with van der Waals surface area (Å²) in [5.74, 6) is 1.28. The largest absolute Gasteiger partial charge is 0.333 e. The lowest BCUT2D eigenvalue weighted by atomic mass is 10.4. The van der Waals surface area contributed by atoms with Gasteiger partial charge in [-0.05, 0) is 17.5 Å². The SMILES string of the molecule is O=[N+]([O-])c1cccnc1SCc1noc(-c2cccs2)n1. The third-order valence-corrected chi connectivity index (χ3v) is 4.33. The molecule has 0 aliphatic carbocycles. The summed E-state index contributed by atoms with van der Waals surface area (Å²) < 4.78 is 5.16. The summed E-state index contributed by atoms with van der Waals surface area (Å²) in [5, 5.41) is 17.0. The minimum atomic E-state index is -0.456. The van der Waals surface area contributed by atoms with Gasteiger partial charge in [-0.1, -0.05) is 23.0 Å². The highest BCUT2D eigenvalue weighted by atomic mass is 32.2. The minimum Gasteiger partial charge on any atom is -0.333 e. The second-order valence-electron chi connectivity index (χ2n) is 3.87. The third kappa shape index (κ3) is 3.09. The molecule has 0 saturated heterocycles. The van der Waals surface area contributed by atoms with Gasteiger partial charge in [0.15, 0.2) is 10.9 Å². The summed E-state index contributed by atoms with van der Waals surface area (Å²) in [7, 11) is 0. The molecule has 0 radical (unpaired) electrons. The molecule has 0 spiro atoms. The fraction of sp³-hybridized carbons (Fsp3) is 0.0833. The van der Waals surface area contributed by atoms with Crippen LogP contribution in [-0.2, 0) is 5.75 Å². The Kier molecular flexibility index (Phi) is 3.93. The Morgan fingerprint density at radius 1 is 1.38 bits per heavy atom. The highest BCUT2D eigenvalue weighted by Crippen LogP contribution is 2.29. The maximum absolute atomic E-state index is 10.9. The van der Waals surface area contributed by atoms with E-state index in [0.717, 1.165) is 4.88 Å². The molecule has 0 unspecified atom stereocenters. The van der Waals surface area contributed by atoms with Crippen LogP contribution in [0.25, 0.3) is 10.8 Å². The topological polar surface area (TPSA) is 95.0 Å². The molecule has 0 aliphatic rings. The molecule has 0 bridgehead atoms. The number of nitro groups is 1. The standard InChI is InChI=1S/C12H8N4O3S2/c17-16(18)8-3-1-5-13-12(8)21-7-10-14-11(19-15-10)9-4-2-6-20-9/h1-6H,7H2. The van der Waals surface area contributed by atoms with Crippen molar-refractivity contribution < 1.29 is 9.45 Å². The van der Waals surface area contributed by atoms with Crippen LogP contribution in [-0.4, -0.2) is 20.0 Å². The number of hydrogen-bond donors (Lipinski definition) is 0. The summed E-state index contributed by atoms with van der Waals surface area (Å²) in [6.07, 6.45) is 1.52. The molecule has 106 valence electrons. The number of thiophene rings is 1. The van der Waals surface area contributed by atoms with Gasteiger partial charge in [0.2, 0.25) is 0 Å². The number of thioether (sulfide) groups is 1. The van der Waals surface area contributed by atoms with E-state index >= 15 is 0 Å². The lowest BCUT2D eigenvalue weighted by molar-refractivity contribution is -0.388. The van der Waals surface area contributed by atoms with E-state index in [4.69, 9.17) is 4.52 Å². The van der Waals surface area contributed by atoms with Crippen molar-refractivity contribution in [1.82, 2.24) is 15.1 Å². The molecule has 0 saturated carbocycles. The van der Waals surface area contributed by atoms with Crippen molar-refractivity contribution in [3.05, 3.63) is 51.8 Å². The number of pyridine rings is 1. The molecule has 21 heavy (non-hydrogen) atoms. The Hall–Kier alpha value is -2.26. The van der Waals surface area contributed by atoms with Gasteiger partial charge in [-0.15, -0.1) is 11.3 Å². The van der Waals surface area contributed by atoms with E-state index in [1.807, 2.05) is 17.5 Å². The molecule has 0 aromatic carbocycles. The van der Waals surface area contributed by atoms with Crippen LogP contribution in [0, 0.1) is 10.1 Å². The van der Waals surface area contributed by atoms with Gasteiger partial charge in [0.1, 0.15) is 0 Å². The van der Waals surface area contributed by atoms with E-state index in [1.165, 1.54) is 41.4 Å². The van der Waals surface area contributed by atoms with Gasteiger partial charge in [0.25, 0.3) is 5.89 Å². The number of nitrogens with zero attached hydrogens (tertiary/aromatic N) is 4. The fourth-order valence-corrected chi connectivity index (χ4v) is 3.03. The molecule has 3 heterocycles. The zero-order valence-corrected chi connectivity index (χ0v) is 12.1. The monoisotopic (exact) mass is 320 g/mol. The molecule has 0 amide bonds. The first kappa shape index (κ1) is 13.7. The van der Waals surface area contributed by atoms with Gasteiger partial charge < -0.3 is 4.52 Å². The van der Waals surface area contributed by atoms with Crippen molar-refractivity contribution in [3.63, 3.8) is 0 Å². The molecule has 0 aliphatic heterocycles. The molecular formula is C12H8N4O3S2. The van der Waals surface area contributed by atoms with Crippen LogP contribution >= 0.6 is 23.1 Å². The second-order valence-corrected chi connectivity index (χ2v) is 5.78. The molecule has 3 aromatic rings. The summed E-state index contributed by atoms with van der Waals surface area (Å²) in [5.41, 5.74) is -0.0236. The summed E-state index contributed by atoms with van der Waals surface area (Å²) in [4.78, 5) is 19.6. The summed E-state index contributed by atoms with van der Waals surface area (Å²) >= 11 is 2.71. The lowest BCUT2D eigenvalue weighted by Crippen LogP contribution is -1.93. The van der Waals surface area contributed by atoms with Crippen molar-refractivity contribution in [3.8, 4) is 10.8 Å². The number of aromatic nitrogens is 3. The predicted molar refractivity (Wildman–Crippen MR) is 78.1 cm³/mol. The van der Waals surface area contributed by atoms with Gasteiger partial charge in [-0.3, -0.25) is 10.1 Å². The molecule has 0 N–H and O–H groups in total. The molecule has 3 rings (SSSR count). The van der Waals surface area contributed by atoms with E-state index in [1.54, 1.807) is 0 Å². The Morgan fingerprint density at radius 3 is 3.05 bits per heavy atom. The van der Waals surface area contributed by atoms with Crippen LogP contribution in [0.3, 0.4) is 0 Å². The van der Waals surface area contributed by atoms with E-state index < -0.39 is 4.92 Å². The molecule has 0 atom stereocenters. The Morgan fingerprint density at radius 2 is 2.29 bits per heavy atom. The average Bonchev–Trinajstić information content (AvgIpc) is 3.16. The Labute approximate surface area is 127 Å². The van der Waals surface area contributed by atoms with Gasteiger partial charge in [-0.2, -0.15) is 4.98 Å². The maximum Gasteiger partial charge on any atom is 0.301 e. The first-order chi connectivity index (χ1) is 10.2. The average molecular weight is 320 g/mol. The van der Waals surface area contributed by atoms with Gasteiger partial charge in [0, 0.05) is 12.3 Å². The first-order valence-electron chi connectivity index (χ1n) is 5.82. The van der Waals surface area contributed by atoms with E-state index in [2.05, 4.69) is 15.1 Å². The second kappa shape index (κ2) is 6.02. The quantitative estimate of drug-likeness (QED) is 0.404. The van der Waals surface area contributed by atoms with Crippen molar-refractivity contribution in [2.75, 3.05) is 0 Å². The predicted octanol–water partition coefficient (Wildman–Crippen LogP) is 3.39. The molecule has 7 nitrogen and oxygen atoms in total. The van der Waals surface area contributed by atoms with E-state index in [-0.39, 0.29) is 5.69 Å². The highest BCUT2D eigenvalue weighted by molar-refractivity contribution is 7.98. The number of hydrogen-bond acceptors (Lipinski definition) is 8. The third-order valence-electron chi connectivity index (χ3n) is 2.49. The smallest absolute Gasteiger partial charge is 0.301 e. The summed E-state index contributed by atoms with van der Waals surface area (Å²) in [6.45, 7) is 0. The zero-order valence-electron chi connectivity index (χ0n) is 10.5. The molecular weight excluding hydrogens is 312 g/mol. The lowest BCUT2D eigenvalue weighted by Gasteiger charge is -1.98. The minimum absolute atomic E-state index is 0.0236. The van der Waals surface area contributed by atoms with Crippen molar-refractivity contribution in [2.45, 2.75) is 10.8 Å². The fourth-order valence-electron chi connectivity index (χ4n) is 1.58. The first-order valence-corrected chi connectivity index (χ1v) is 7.69. The van der Waals surface area contributed by atoms with Crippen LogP contribution in [0.1, 0.15) is 5.82 Å².